The number of hydrogen-bond acceptors (Lipinski definition) is 3. The van der Waals surface area contributed by atoms with Gasteiger partial charge in [0.25, 0.3) is 5.91 Å². The Morgan fingerprint density at radius 2 is 1.83 bits per heavy atom. The van der Waals surface area contributed by atoms with Gasteiger partial charge < -0.3 is 10.0 Å². The summed E-state index contributed by atoms with van der Waals surface area (Å²) in [6.07, 6.45) is 0.259. The largest absolute Gasteiger partial charge is 0.478 e. The minimum absolute atomic E-state index is 0.138. The van der Waals surface area contributed by atoms with Crippen molar-refractivity contribution in [3.8, 4) is 6.07 Å². The van der Waals surface area contributed by atoms with Crippen molar-refractivity contribution in [3.63, 3.8) is 0 Å². The molecule has 0 radical (unpaired) electrons. The van der Waals surface area contributed by atoms with Crippen LogP contribution in [0.5, 0.6) is 0 Å². The molecule has 18 heavy (non-hydrogen) atoms. The summed E-state index contributed by atoms with van der Waals surface area (Å²) in [6, 6.07) is 7.55. The van der Waals surface area contributed by atoms with Gasteiger partial charge in [-0.1, -0.05) is 0 Å². The average Bonchev–Trinajstić information content (AvgIpc) is 2.37. The molecule has 0 aromatic heterocycles. The van der Waals surface area contributed by atoms with E-state index in [1.807, 2.05) is 6.07 Å². The number of nitriles is 1. The van der Waals surface area contributed by atoms with Gasteiger partial charge in [-0.25, -0.2) is 4.79 Å². The van der Waals surface area contributed by atoms with E-state index in [4.69, 9.17) is 10.4 Å². The first-order valence-corrected chi connectivity index (χ1v) is 5.45. The van der Waals surface area contributed by atoms with Crippen LogP contribution in [-0.4, -0.2) is 35.0 Å². The molecule has 0 aliphatic heterocycles. The van der Waals surface area contributed by atoms with Gasteiger partial charge in [-0.05, 0) is 31.2 Å². The lowest BCUT2D eigenvalue weighted by atomic mass is 10.1. The first-order chi connectivity index (χ1) is 8.47. The third-order valence-electron chi connectivity index (χ3n) is 2.75. The molecule has 0 spiro atoms. The Morgan fingerprint density at radius 3 is 2.28 bits per heavy atom. The predicted molar refractivity (Wildman–Crippen MR) is 65.2 cm³/mol. The molecule has 1 amide bonds. The van der Waals surface area contributed by atoms with E-state index in [0.29, 0.717) is 5.56 Å². The summed E-state index contributed by atoms with van der Waals surface area (Å²) in [6.45, 7) is 1.78. The molecule has 0 saturated carbocycles. The number of amides is 1. The van der Waals surface area contributed by atoms with Crippen LogP contribution in [0.2, 0.25) is 0 Å². The zero-order chi connectivity index (χ0) is 13.7. The molecule has 0 fully saturated rings. The summed E-state index contributed by atoms with van der Waals surface area (Å²) in [7, 11) is 1.62. The number of carboxylic acid groups (broad SMARTS) is 1. The molecule has 0 heterocycles. The first-order valence-electron chi connectivity index (χ1n) is 5.45. The van der Waals surface area contributed by atoms with E-state index >= 15 is 0 Å². The number of carbonyl (C=O) groups excluding carboxylic acids is 1. The van der Waals surface area contributed by atoms with Gasteiger partial charge in [-0.15, -0.1) is 0 Å². The van der Waals surface area contributed by atoms with E-state index in [-0.39, 0.29) is 23.9 Å². The highest BCUT2D eigenvalue weighted by Crippen LogP contribution is 2.10. The summed E-state index contributed by atoms with van der Waals surface area (Å²) >= 11 is 0. The maximum atomic E-state index is 12.0. The van der Waals surface area contributed by atoms with Crippen LogP contribution in [0.25, 0.3) is 0 Å². The van der Waals surface area contributed by atoms with Crippen LogP contribution in [0.1, 0.15) is 34.1 Å². The van der Waals surface area contributed by atoms with Crippen molar-refractivity contribution in [1.29, 1.82) is 5.26 Å². The second-order valence-corrected chi connectivity index (χ2v) is 4.01. The number of rotatable bonds is 4. The van der Waals surface area contributed by atoms with Crippen LogP contribution >= 0.6 is 0 Å². The third-order valence-corrected chi connectivity index (χ3v) is 2.75. The number of carboxylic acids is 1. The Bertz CT molecular complexity index is 488. The molecule has 5 nitrogen and oxygen atoms in total. The molecule has 5 heteroatoms. The van der Waals surface area contributed by atoms with Crippen LogP contribution in [0.4, 0.5) is 0 Å². The van der Waals surface area contributed by atoms with Gasteiger partial charge in [0, 0.05) is 18.7 Å². The molecule has 1 aromatic carbocycles. The zero-order valence-electron chi connectivity index (χ0n) is 10.3. The fraction of sp³-hybridized carbons (Fsp3) is 0.308. The van der Waals surface area contributed by atoms with Crippen molar-refractivity contribution in [2.24, 2.45) is 0 Å². The first kappa shape index (κ1) is 13.7. The zero-order valence-corrected chi connectivity index (χ0v) is 10.3. The highest BCUT2D eigenvalue weighted by atomic mass is 16.4. The molecule has 1 N–H and O–H groups in total. The molecule has 0 aliphatic rings. The maximum Gasteiger partial charge on any atom is 0.335 e. The van der Waals surface area contributed by atoms with Crippen LogP contribution in [0, 0.1) is 11.3 Å². The summed E-state index contributed by atoms with van der Waals surface area (Å²) < 4.78 is 0. The minimum Gasteiger partial charge on any atom is -0.478 e. The Hall–Kier alpha value is -2.35. The fourth-order valence-corrected chi connectivity index (χ4v) is 1.43. The number of nitrogens with zero attached hydrogens (tertiary/aromatic N) is 2. The number of aromatic carboxylic acids is 1. The van der Waals surface area contributed by atoms with Crippen molar-refractivity contribution in [3.05, 3.63) is 35.4 Å². The SMILES string of the molecule is CC(CC#N)N(C)C(=O)c1ccc(C(=O)O)cc1. The Kier molecular flexibility index (Phi) is 4.44. The molecule has 0 aliphatic carbocycles. The van der Waals surface area contributed by atoms with Gasteiger partial charge in [0.2, 0.25) is 0 Å². The topological polar surface area (TPSA) is 81.4 Å². The highest BCUT2D eigenvalue weighted by Gasteiger charge is 2.17. The summed E-state index contributed by atoms with van der Waals surface area (Å²) in [5.41, 5.74) is 0.548. The van der Waals surface area contributed by atoms with Gasteiger partial charge in [0.15, 0.2) is 0 Å². The fourth-order valence-electron chi connectivity index (χ4n) is 1.43. The molecular weight excluding hydrogens is 232 g/mol. The van der Waals surface area contributed by atoms with Crippen molar-refractivity contribution < 1.29 is 14.7 Å². The smallest absolute Gasteiger partial charge is 0.335 e. The van der Waals surface area contributed by atoms with E-state index in [1.54, 1.807) is 14.0 Å². The molecule has 1 unspecified atom stereocenters. The van der Waals surface area contributed by atoms with Crippen LogP contribution in [-0.2, 0) is 0 Å². The molecule has 1 atom stereocenters. The van der Waals surface area contributed by atoms with Crippen LogP contribution in [0.15, 0.2) is 24.3 Å². The average molecular weight is 246 g/mol. The van der Waals surface area contributed by atoms with Gasteiger partial charge >= 0.3 is 5.97 Å². The lowest BCUT2D eigenvalue weighted by Crippen LogP contribution is -2.34. The lowest BCUT2D eigenvalue weighted by Gasteiger charge is -2.22. The second kappa shape index (κ2) is 5.82. The monoisotopic (exact) mass is 246 g/mol. The summed E-state index contributed by atoms with van der Waals surface area (Å²) in [4.78, 5) is 24.2. The molecule has 1 rings (SSSR count). The van der Waals surface area contributed by atoms with Crippen molar-refractivity contribution in [1.82, 2.24) is 4.90 Å². The van der Waals surface area contributed by atoms with Crippen LogP contribution < -0.4 is 0 Å². The van der Waals surface area contributed by atoms with Crippen molar-refractivity contribution >= 4 is 11.9 Å². The van der Waals surface area contributed by atoms with Crippen molar-refractivity contribution in [2.75, 3.05) is 7.05 Å². The molecule has 1 aromatic rings. The highest BCUT2D eigenvalue weighted by molar-refractivity contribution is 5.95. The summed E-state index contributed by atoms with van der Waals surface area (Å²) in [5, 5.41) is 17.3. The maximum absolute atomic E-state index is 12.0. The van der Waals surface area contributed by atoms with Crippen molar-refractivity contribution in [2.45, 2.75) is 19.4 Å². The standard InChI is InChI=1S/C13H14N2O3/c1-9(7-8-14)15(2)12(16)10-3-5-11(6-4-10)13(17)18/h3-6,9H,7H2,1-2H3,(H,17,18). The van der Waals surface area contributed by atoms with Gasteiger partial charge in [-0.2, -0.15) is 5.26 Å². The summed E-state index contributed by atoms with van der Waals surface area (Å²) in [5.74, 6) is -1.25. The molecule has 0 bridgehead atoms. The molecule has 0 saturated heterocycles. The molecule has 94 valence electrons. The van der Waals surface area contributed by atoms with Gasteiger partial charge in [0.1, 0.15) is 0 Å². The Balaban J connectivity index is 2.84. The van der Waals surface area contributed by atoms with E-state index in [2.05, 4.69) is 0 Å². The quantitative estimate of drug-likeness (QED) is 0.877. The van der Waals surface area contributed by atoms with E-state index in [0.717, 1.165) is 0 Å². The molecular formula is C13H14N2O3. The normalized spacial score (nSPS) is 11.4. The van der Waals surface area contributed by atoms with E-state index in [9.17, 15) is 9.59 Å². The third kappa shape index (κ3) is 3.08. The van der Waals surface area contributed by atoms with E-state index < -0.39 is 5.97 Å². The van der Waals surface area contributed by atoms with Gasteiger partial charge in [0.05, 0.1) is 18.1 Å². The number of benzene rings is 1. The second-order valence-electron chi connectivity index (χ2n) is 4.01. The Morgan fingerprint density at radius 1 is 1.33 bits per heavy atom. The van der Waals surface area contributed by atoms with E-state index in [1.165, 1.54) is 29.2 Å². The van der Waals surface area contributed by atoms with Crippen LogP contribution in [0.3, 0.4) is 0 Å². The number of carbonyl (C=O) groups is 2. The van der Waals surface area contributed by atoms with Gasteiger partial charge in [-0.3, -0.25) is 4.79 Å². The predicted octanol–water partition coefficient (Wildman–Crippen LogP) is 1.76. The number of hydrogen-bond donors (Lipinski definition) is 1. The minimum atomic E-state index is -1.03. The Labute approximate surface area is 105 Å². The lowest BCUT2D eigenvalue weighted by molar-refractivity contribution is 0.0693.